The number of sulfonamides is 1. The average Bonchev–Trinajstić information content (AvgIpc) is 2.76. The van der Waals surface area contributed by atoms with Gasteiger partial charge in [-0.15, -0.1) is 11.3 Å². The molecule has 0 aliphatic carbocycles. The molecule has 0 bridgehead atoms. The van der Waals surface area contributed by atoms with E-state index in [1.165, 1.54) is 11.3 Å². The molecule has 0 spiro atoms. The fourth-order valence-electron chi connectivity index (χ4n) is 1.18. The summed E-state index contributed by atoms with van der Waals surface area (Å²) in [6.07, 6.45) is 1.63. The van der Waals surface area contributed by atoms with Gasteiger partial charge >= 0.3 is 0 Å². The van der Waals surface area contributed by atoms with Crippen LogP contribution >= 0.6 is 27.3 Å². The molecule has 0 aliphatic rings. The van der Waals surface area contributed by atoms with E-state index in [4.69, 9.17) is 0 Å². The number of nitrogens with zero attached hydrogens (tertiary/aromatic N) is 1. The van der Waals surface area contributed by atoms with Crippen molar-refractivity contribution in [3.63, 3.8) is 0 Å². The maximum absolute atomic E-state index is 11.9. The van der Waals surface area contributed by atoms with Crippen molar-refractivity contribution in [3.05, 3.63) is 46.0 Å². The van der Waals surface area contributed by atoms with E-state index in [2.05, 4.69) is 25.6 Å². The zero-order valence-electron chi connectivity index (χ0n) is 8.63. The van der Waals surface area contributed by atoms with Crippen LogP contribution in [0.25, 0.3) is 0 Å². The van der Waals surface area contributed by atoms with Gasteiger partial charge < -0.3 is 0 Å². The lowest BCUT2D eigenvalue weighted by atomic mass is 10.4. The second-order valence-electron chi connectivity index (χ2n) is 3.23. The molecule has 1 N–H and O–H groups in total. The van der Waals surface area contributed by atoms with Gasteiger partial charge in [-0.2, -0.15) is 0 Å². The highest BCUT2D eigenvalue weighted by Crippen LogP contribution is 2.23. The molecule has 7 heteroatoms. The van der Waals surface area contributed by atoms with Crippen LogP contribution in [-0.4, -0.2) is 13.4 Å². The summed E-state index contributed by atoms with van der Waals surface area (Å²) in [4.78, 5) is 4.05. The number of thiophene rings is 1. The minimum atomic E-state index is -3.44. The molecule has 0 aromatic carbocycles. The SMILES string of the molecule is O=S(=O)(NCc1ccccn1)c1cc(Br)cs1. The first kappa shape index (κ1) is 12.7. The molecular weight excluding hydrogens is 324 g/mol. The van der Waals surface area contributed by atoms with E-state index in [0.29, 0.717) is 9.90 Å². The van der Waals surface area contributed by atoms with Gasteiger partial charge in [0.15, 0.2) is 0 Å². The lowest BCUT2D eigenvalue weighted by Gasteiger charge is -2.03. The normalized spacial score (nSPS) is 11.6. The summed E-state index contributed by atoms with van der Waals surface area (Å²) in [5.41, 5.74) is 0.687. The van der Waals surface area contributed by atoms with E-state index in [0.717, 1.165) is 4.47 Å². The molecule has 0 unspecified atom stereocenters. The Balaban J connectivity index is 2.09. The highest BCUT2D eigenvalue weighted by molar-refractivity contribution is 9.10. The summed E-state index contributed by atoms with van der Waals surface area (Å²) in [5.74, 6) is 0. The summed E-state index contributed by atoms with van der Waals surface area (Å²) in [7, 11) is -3.44. The predicted octanol–water partition coefficient (Wildman–Crippen LogP) is 2.38. The molecule has 0 saturated carbocycles. The first-order chi connectivity index (χ1) is 8.08. The maximum atomic E-state index is 11.9. The van der Waals surface area contributed by atoms with Crippen molar-refractivity contribution in [2.45, 2.75) is 10.8 Å². The zero-order chi connectivity index (χ0) is 12.3. The Hall–Kier alpha value is -0.760. The zero-order valence-corrected chi connectivity index (χ0v) is 11.8. The molecule has 4 nitrogen and oxygen atoms in total. The summed E-state index contributed by atoms with van der Waals surface area (Å²) in [6.45, 7) is 0.193. The second-order valence-corrected chi connectivity index (χ2v) is 7.05. The summed E-state index contributed by atoms with van der Waals surface area (Å²) in [6, 6.07) is 6.95. The number of halogens is 1. The van der Waals surface area contributed by atoms with Crippen LogP contribution in [-0.2, 0) is 16.6 Å². The van der Waals surface area contributed by atoms with Crippen molar-refractivity contribution < 1.29 is 8.42 Å². The fourth-order valence-corrected chi connectivity index (χ4v) is 4.07. The van der Waals surface area contributed by atoms with E-state index < -0.39 is 10.0 Å². The molecule has 0 aliphatic heterocycles. The van der Waals surface area contributed by atoms with Crippen LogP contribution in [0.3, 0.4) is 0 Å². The van der Waals surface area contributed by atoms with E-state index in [1.807, 2.05) is 6.07 Å². The van der Waals surface area contributed by atoms with Crippen LogP contribution in [0.1, 0.15) is 5.69 Å². The fraction of sp³-hybridized carbons (Fsp3) is 0.100. The van der Waals surface area contributed by atoms with Crippen LogP contribution in [0.2, 0.25) is 0 Å². The number of hydrogen-bond donors (Lipinski definition) is 1. The van der Waals surface area contributed by atoms with Crippen LogP contribution < -0.4 is 4.72 Å². The third-order valence-corrected chi connectivity index (χ3v) is 5.58. The maximum Gasteiger partial charge on any atom is 0.250 e. The number of pyridine rings is 1. The van der Waals surface area contributed by atoms with Crippen molar-refractivity contribution in [3.8, 4) is 0 Å². The molecule has 2 rings (SSSR count). The molecule has 0 atom stereocenters. The predicted molar refractivity (Wildman–Crippen MR) is 70.3 cm³/mol. The Labute approximate surface area is 112 Å². The van der Waals surface area contributed by atoms with Crippen LogP contribution in [0.15, 0.2) is 44.5 Å². The summed E-state index contributed by atoms with van der Waals surface area (Å²) >= 11 is 4.40. The third-order valence-electron chi connectivity index (χ3n) is 1.98. The van der Waals surface area contributed by atoms with Crippen molar-refractivity contribution in [2.75, 3.05) is 0 Å². The van der Waals surface area contributed by atoms with Crippen LogP contribution in [0.4, 0.5) is 0 Å². The standard InChI is InChI=1S/C10H9BrN2O2S2/c11-8-5-10(16-7-8)17(14,15)13-6-9-3-1-2-4-12-9/h1-5,7,13H,6H2. The van der Waals surface area contributed by atoms with Crippen LogP contribution in [0.5, 0.6) is 0 Å². The Morgan fingerprint density at radius 3 is 2.82 bits per heavy atom. The highest BCUT2D eigenvalue weighted by Gasteiger charge is 2.15. The summed E-state index contributed by atoms with van der Waals surface area (Å²) in [5, 5.41) is 1.73. The van der Waals surface area contributed by atoms with Crippen molar-refractivity contribution in [1.29, 1.82) is 0 Å². The van der Waals surface area contributed by atoms with Gasteiger partial charge in [0.1, 0.15) is 4.21 Å². The second kappa shape index (κ2) is 5.26. The van der Waals surface area contributed by atoms with E-state index in [1.54, 1.807) is 29.8 Å². The number of rotatable bonds is 4. The Kier molecular flexibility index (Phi) is 3.93. The lowest BCUT2D eigenvalue weighted by Crippen LogP contribution is -2.22. The Morgan fingerprint density at radius 1 is 1.41 bits per heavy atom. The minimum absolute atomic E-state index is 0.193. The monoisotopic (exact) mass is 332 g/mol. The Bertz CT molecular complexity index is 596. The van der Waals surface area contributed by atoms with Gasteiger partial charge in [0.2, 0.25) is 10.0 Å². The van der Waals surface area contributed by atoms with Gasteiger partial charge in [-0.05, 0) is 34.1 Å². The molecule has 0 fully saturated rings. The Morgan fingerprint density at radius 2 is 2.24 bits per heavy atom. The van der Waals surface area contributed by atoms with Crippen molar-refractivity contribution in [2.24, 2.45) is 0 Å². The van der Waals surface area contributed by atoms with Gasteiger partial charge in [0.05, 0.1) is 12.2 Å². The quantitative estimate of drug-likeness (QED) is 0.935. The first-order valence-electron chi connectivity index (χ1n) is 4.71. The molecule has 2 heterocycles. The topological polar surface area (TPSA) is 59.1 Å². The van der Waals surface area contributed by atoms with Gasteiger partial charge in [0.25, 0.3) is 0 Å². The molecule has 90 valence electrons. The van der Waals surface area contributed by atoms with E-state index in [-0.39, 0.29) is 6.54 Å². The van der Waals surface area contributed by atoms with Gasteiger partial charge in [-0.3, -0.25) is 4.98 Å². The van der Waals surface area contributed by atoms with Gasteiger partial charge in [0, 0.05) is 16.0 Å². The van der Waals surface area contributed by atoms with E-state index >= 15 is 0 Å². The molecule has 2 aromatic heterocycles. The smallest absolute Gasteiger partial charge is 0.250 e. The highest BCUT2D eigenvalue weighted by atomic mass is 79.9. The molecule has 17 heavy (non-hydrogen) atoms. The van der Waals surface area contributed by atoms with Crippen molar-refractivity contribution >= 4 is 37.3 Å². The average molecular weight is 333 g/mol. The first-order valence-corrected chi connectivity index (χ1v) is 7.87. The molecule has 2 aromatic rings. The third kappa shape index (κ3) is 3.35. The summed E-state index contributed by atoms with van der Waals surface area (Å²) < 4.78 is 27.3. The number of hydrogen-bond acceptors (Lipinski definition) is 4. The number of nitrogens with one attached hydrogen (secondary N) is 1. The molecule has 0 amide bonds. The number of aromatic nitrogens is 1. The van der Waals surface area contributed by atoms with E-state index in [9.17, 15) is 8.42 Å². The lowest BCUT2D eigenvalue weighted by molar-refractivity contribution is 0.582. The largest absolute Gasteiger partial charge is 0.260 e. The van der Waals surface area contributed by atoms with Gasteiger partial charge in [-0.1, -0.05) is 6.07 Å². The van der Waals surface area contributed by atoms with Crippen molar-refractivity contribution in [1.82, 2.24) is 9.71 Å². The molecule has 0 saturated heterocycles. The molecular formula is C10H9BrN2O2S2. The van der Waals surface area contributed by atoms with Gasteiger partial charge in [-0.25, -0.2) is 13.1 Å². The van der Waals surface area contributed by atoms with Crippen LogP contribution in [0, 0.1) is 0 Å². The minimum Gasteiger partial charge on any atom is -0.260 e. The molecule has 0 radical (unpaired) electrons.